The highest BCUT2D eigenvalue weighted by atomic mass is 35.5. The number of aldehydes is 1. The lowest BCUT2D eigenvalue weighted by Gasteiger charge is -2.24. The highest BCUT2D eigenvalue weighted by molar-refractivity contribution is 6.55. The molecule has 1 atom stereocenters. The molecule has 0 amide bonds. The number of carbonyl (C=O) groups excluding carboxylic acids is 3. The smallest absolute Gasteiger partial charge is 0.202 e. The fourth-order valence-electron chi connectivity index (χ4n) is 2.69. The first-order valence-electron chi connectivity index (χ1n) is 6.53. The van der Waals surface area contributed by atoms with Crippen LogP contribution in [0.1, 0.15) is 42.2 Å². The number of carbonyl (C=O) groups is 3. The summed E-state index contributed by atoms with van der Waals surface area (Å²) in [5, 5.41) is 18.4. The molecule has 6 nitrogen and oxygen atoms in total. The van der Waals surface area contributed by atoms with Crippen LogP contribution >= 0.6 is 46.4 Å². The average Bonchev–Trinajstić information content (AvgIpc) is 2.59. The van der Waals surface area contributed by atoms with Crippen LogP contribution in [0, 0.1) is 5.21 Å². The molecule has 0 radical (unpaired) electrons. The molecule has 3 rings (SSSR count). The third-order valence-corrected chi connectivity index (χ3v) is 5.57. The highest BCUT2D eigenvalue weighted by Crippen LogP contribution is 2.46. The zero-order valence-corrected chi connectivity index (χ0v) is 14.8. The second-order valence-corrected chi connectivity index (χ2v) is 6.55. The zero-order valence-electron chi connectivity index (χ0n) is 11.8. The van der Waals surface area contributed by atoms with Gasteiger partial charge in [-0.1, -0.05) is 46.4 Å². The van der Waals surface area contributed by atoms with E-state index in [9.17, 15) is 24.8 Å². The van der Waals surface area contributed by atoms with Crippen molar-refractivity contribution in [1.82, 2.24) is 0 Å². The van der Waals surface area contributed by atoms with E-state index < -0.39 is 28.0 Å². The van der Waals surface area contributed by atoms with Gasteiger partial charge in [0.05, 0.1) is 42.3 Å². The molecule has 1 unspecified atom stereocenters. The van der Waals surface area contributed by atoms with Gasteiger partial charge < -0.3 is 5.21 Å². The van der Waals surface area contributed by atoms with Gasteiger partial charge in [0.15, 0.2) is 17.8 Å². The van der Waals surface area contributed by atoms with Gasteiger partial charge in [-0.2, -0.15) is 5.23 Å². The van der Waals surface area contributed by atoms with E-state index in [0.717, 1.165) is 6.07 Å². The molecule has 10 heteroatoms. The quantitative estimate of drug-likeness (QED) is 0.287. The Labute approximate surface area is 160 Å². The van der Waals surface area contributed by atoms with Crippen molar-refractivity contribution in [2.45, 2.75) is 0 Å². The molecular formula is C15H5Cl4NO5. The SMILES string of the molecule is O=Cc1ccc2c(c1[NH+]([O-])O)C(=O)c1c(Cl)c(Cl)c(Cl)c(Cl)c1C2=O. The molecule has 0 spiro atoms. The Morgan fingerprint density at radius 3 is 1.88 bits per heavy atom. The van der Waals surface area contributed by atoms with Crippen LogP contribution in [0.2, 0.25) is 20.1 Å². The molecule has 0 aliphatic heterocycles. The third kappa shape index (κ3) is 2.50. The topological polar surface area (TPSA) is 98.9 Å². The summed E-state index contributed by atoms with van der Waals surface area (Å²) in [6.07, 6.45) is 0.278. The molecule has 0 saturated heterocycles. The molecule has 0 bridgehead atoms. The maximum absolute atomic E-state index is 12.9. The summed E-state index contributed by atoms with van der Waals surface area (Å²) < 4.78 is 0. The summed E-state index contributed by atoms with van der Waals surface area (Å²) in [6, 6.07) is 2.32. The molecule has 2 aromatic carbocycles. The minimum absolute atomic E-state index is 0.195. The largest absolute Gasteiger partial charge is 0.595 e. The van der Waals surface area contributed by atoms with Gasteiger partial charge in [-0.3, -0.25) is 14.4 Å². The lowest BCUT2D eigenvalue weighted by atomic mass is 9.82. The first-order chi connectivity index (χ1) is 11.7. The van der Waals surface area contributed by atoms with Crippen molar-refractivity contribution in [2.24, 2.45) is 0 Å². The van der Waals surface area contributed by atoms with Crippen LogP contribution in [0.25, 0.3) is 0 Å². The number of rotatable bonds is 2. The first-order valence-corrected chi connectivity index (χ1v) is 8.04. The monoisotopic (exact) mass is 419 g/mol. The molecular weight excluding hydrogens is 416 g/mol. The van der Waals surface area contributed by atoms with Gasteiger partial charge in [-0.25, -0.2) is 5.21 Å². The maximum atomic E-state index is 12.9. The van der Waals surface area contributed by atoms with Crippen LogP contribution in [-0.2, 0) is 0 Å². The molecule has 0 saturated carbocycles. The van der Waals surface area contributed by atoms with Gasteiger partial charge in [0, 0.05) is 5.56 Å². The van der Waals surface area contributed by atoms with E-state index in [0.29, 0.717) is 0 Å². The Kier molecular flexibility index (Phi) is 4.63. The van der Waals surface area contributed by atoms with Crippen LogP contribution < -0.4 is 5.23 Å². The number of hydrogen-bond acceptors (Lipinski definition) is 5. The normalized spacial score (nSPS) is 14.2. The number of hydrogen-bond donors (Lipinski definition) is 2. The molecule has 0 aromatic heterocycles. The number of fused-ring (bicyclic) bond motifs is 2. The van der Waals surface area contributed by atoms with E-state index in [1.54, 1.807) is 0 Å². The first kappa shape index (κ1) is 18.3. The van der Waals surface area contributed by atoms with Gasteiger partial charge in [0.25, 0.3) is 0 Å². The molecule has 1 aliphatic rings. The number of halogens is 4. The second-order valence-electron chi connectivity index (χ2n) is 5.04. The van der Waals surface area contributed by atoms with E-state index in [2.05, 4.69) is 0 Å². The zero-order chi connectivity index (χ0) is 18.6. The van der Waals surface area contributed by atoms with Gasteiger partial charge in [0.2, 0.25) is 5.78 Å². The third-order valence-electron chi connectivity index (χ3n) is 3.77. The fraction of sp³-hybridized carbons (Fsp3) is 0. The maximum Gasteiger partial charge on any atom is 0.202 e. The van der Waals surface area contributed by atoms with Crippen molar-refractivity contribution >= 4 is 69.9 Å². The predicted octanol–water partition coefficient (Wildman–Crippen LogP) is 3.29. The van der Waals surface area contributed by atoms with Crippen LogP contribution in [0.3, 0.4) is 0 Å². The van der Waals surface area contributed by atoms with Crippen molar-refractivity contribution in [3.63, 3.8) is 0 Å². The summed E-state index contributed by atoms with van der Waals surface area (Å²) in [5.74, 6) is -1.62. The number of ketones is 2. The second kappa shape index (κ2) is 6.34. The van der Waals surface area contributed by atoms with E-state index >= 15 is 0 Å². The van der Waals surface area contributed by atoms with Crippen molar-refractivity contribution in [2.75, 3.05) is 0 Å². The van der Waals surface area contributed by atoms with E-state index in [4.69, 9.17) is 46.4 Å². The summed E-state index contributed by atoms with van der Waals surface area (Å²) in [5.41, 5.74) is -2.09. The number of benzene rings is 2. The van der Waals surface area contributed by atoms with E-state index in [1.807, 2.05) is 0 Å². The Balaban J connectivity index is 2.47. The summed E-state index contributed by atoms with van der Waals surface area (Å²) >= 11 is 24.0. The molecule has 1 aliphatic carbocycles. The van der Waals surface area contributed by atoms with Crippen molar-refractivity contribution in [3.8, 4) is 0 Å². The van der Waals surface area contributed by atoms with E-state index in [-0.39, 0.29) is 48.6 Å². The van der Waals surface area contributed by atoms with Crippen LogP contribution in [-0.4, -0.2) is 23.1 Å². The van der Waals surface area contributed by atoms with Crippen molar-refractivity contribution < 1.29 is 24.8 Å². The Morgan fingerprint density at radius 2 is 1.40 bits per heavy atom. The van der Waals surface area contributed by atoms with Gasteiger partial charge >= 0.3 is 0 Å². The van der Waals surface area contributed by atoms with Gasteiger partial charge in [-0.05, 0) is 12.1 Å². The minimum Gasteiger partial charge on any atom is -0.595 e. The molecule has 128 valence electrons. The van der Waals surface area contributed by atoms with Gasteiger partial charge in [-0.15, -0.1) is 0 Å². The highest BCUT2D eigenvalue weighted by Gasteiger charge is 2.40. The lowest BCUT2D eigenvalue weighted by Crippen LogP contribution is -2.99. The predicted molar refractivity (Wildman–Crippen MR) is 91.0 cm³/mol. The summed E-state index contributed by atoms with van der Waals surface area (Å²) in [6.45, 7) is 0. The Hall–Kier alpha value is -1.51. The Bertz CT molecular complexity index is 987. The summed E-state index contributed by atoms with van der Waals surface area (Å²) in [4.78, 5) is 36.8. The van der Waals surface area contributed by atoms with Crippen molar-refractivity contribution in [3.05, 3.63) is 65.2 Å². The summed E-state index contributed by atoms with van der Waals surface area (Å²) in [7, 11) is 0. The molecule has 25 heavy (non-hydrogen) atoms. The molecule has 0 fully saturated rings. The molecule has 2 N–H and O–H groups in total. The molecule has 0 heterocycles. The van der Waals surface area contributed by atoms with Gasteiger partial charge in [0.1, 0.15) is 0 Å². The van der Waals surface area contributed by atoms with Crippen molar-refractivity contribution in [1.29, 1.82) is 0 Å². The fourth-order valence-corrected chi connectivity index (χ4v) is 3.71. The molecule has 2 aromatic rings. The lowest BCUT2D eigenvalue weighted by molar-refractivity contribution is -0.991. The van der Waals surface area contributed by atoms with Crippen LogP contribution in [0.4, 0.5) is 5.69 Å². The number of quaternary nitrogens is 1. The van der Waals surface area contributed by atoms with Crippen LogP contribution in [0.15, 0.2) is 12.1 Å². The minimum atomic E-state index is -1.54. The van der Waals surface area contributed by atoms with Crippen LogP contribution in [0.5, 0.6) is 0 Å². The Morgan fingerprint density at radius 1 is 0.880 bits per heavy atom. The number of nitrogens with one attached hydrogen (secondary N) is 1. The average molecular weight is 421 g/mol. The van der Waals surface area contributed by atoms with E-state index in [1.165, 1.54) is 6.07 Å². The standard InChI is InChI=1S/C15H5Cl4NO5/c16-9-7-8(10(17)12(19)11(9)18)15(23)6-5(14(7)22)2-1-4(3-21)13(6)20(24)25/h1-3,20,24H.